The van der Waals surface area contributed by atoms with E-state index in [1.165, 1.54) is 24.3 Å². The highest BCUT2D eigenvalue weighted by Gasteiger charge is 2.23. The largest absolute Gasteiger partial charge is 0.460 e. The molecule has 43 heavy (non-hydrogen) atoms. The number of hydrogen-bond acceptors (Lipinski definition) is 12. The number of carbonyl (C=O) groups is 3. The van der Waals surface area contributed by atoms with E-state index >= 15 is 0 Å². The van der Waals surface area contributed by atoms with Crippen LogP contribution in [0, 0.1) is 13.8 Å². The zero-order chi connectivity index (χ0) is 31.7. The first kappa shape index (κ1) is 34.3. The molecule has 230 valence electrons. The topological polar surface area (TPSA) is 180 Å². The summed E-state index contributed by atoms with van der Waals surface area (Å²) in [7, 11) is 0. The molecule has 0 atom stereocenters. The molecular weight excluding hydrogens is 564 g/mol. The van der Waals surface area contributed by atoms with E-state index in [9.17, 15) is 24.0 Å². The molecule has 2 aromatic rings. The highest BCUT2D eigenvalue weighted by Crippen LogP contribution is 2.23. The average molecular weight is 599 g/mol. The summed E-state index contributed by atoms with van der Waals surface area (Å²) in [4.78, 5) is 73.4. The fourth-order valence-corrected chi connectivity index (χ4v) is 3.51. The molecule has 0 bridgehead atoms. The van der Waals surface area contributed by atoms with Crippen molar-refractivity contribution >= 4 is 53.1 Å². The lowest BCUT2D eigenvalue weighted by Gasteiger charge is -2.25. The number of esters is 1. The first-order valence-corrected chi connectivity index (χ1v) is 13.3. The fourth-order valence-electron chi connectivity index (χ4n) is 3.51. The highest BCUT2D eigenvalue weighted by atomic mass is 17.5. The summed E-state index contributed by atoms with van der Waals surface area (Å²) in [5.41, 5.74) is 2.10. The molecule has 14 heteroatoms. The third-order valence-electron chi connectivity index (χ3n) is 5.86. The SMILES string of the molecule is Cc1ccc(N=C=O)cc1NC(=O)OCCC(C)(C)OC(=O)CCCCCOOOC(=O)Nc1cc(N=C=O)ccc1C. The number of nitrogens with one attached hydrogen (secondary N) is 2. The van der Waals surface area contributed by atoms with Crippen molar-refractivity contribution in [2.24, 2.45) is 9.98 Å². The second-order valence-corrected chi connectivity index (χ2v) is 9.85. The Morgan fingerprint density at radius 1 is 0.814 bits per heavy atom. The first-order valence-electron chi connectivity index (χ1n) is 13.3. The minimum atomic E-state index is -0.932. The van der Waals surface area contributed by atoms with Gasteiger partial charge in [-0.05, 0) is 81.0 Å². The van der Waals surface area contributed by atoms with E-state index in [0.29, 0.717) is 47.6 Å². The van der Waals surface area contributed by atoms with Gasteiger partial charge >= 0.3 is 18.2 Å². The standard InChI is InChI=1S/C29H34N4O10/c1-20-9-11-22(30-18-34)16-24(20)32-27(37)39-15-13-29(3,4)41-26(36)8-6-5-7-14-40-43-42-28(38)33-25-17-23(31-19-35)12-10-21(25)2/h9-12,16-17H,5-8,13-15H2,1-4H3,(H,32,37)(H,33,38). The molecule has 0 aliphatic carbocycles. The molecule has 0 saturated heterocycles. The lowest BCUT2D eigenvalue weighted by molar-refractivity contribution is -0.480. The van der Waals surface area contributed by atoms with E-state index in [1.54, 1.807) is 52.0 Å². The number of carbonyl (C=O) groups excluding carboxylic acids is 5. The predicted molar refractivity (Wildman–Crippen MR) is 153 cm³/mol. The van der Waals surface area contributed by atoms with Crippen molar-refractivity contribution in [2.45, 2.75) is 65.4 Å². The Bertz CT molecular complexity index is 1370. The van der Waals surface area contributed by atoms with Crippen LogP contribution in [0.1, 0.15) is 57.1 Å². The third-order valence-corrected chi connectivity index (χ3v) is 5.86. The number of benzene rings is 2. The normalized spacial score (nSPS) is 10.5. The molecule has 0 aromatic heterocycles. The van der Waals surface area contributed by atoms with Crippen LogP contribution in [-0.4, -0.2) is 49.1 Å². The van der Waals surface area contributed by atoms with Crippen LogP contribution in [-0.2, 0) is 38.7 Å². The molecule has 14 nitrogen and oxygen atoms in total. The predicted octanol–water partition coefficient (Wildman–Crippen LogP) is 6.17. The number of hydrogen-bond donors (Lipinski definition) is 2. The molecule has 0 fully saturated rings. The molecule has 0 aliphatic heterocycles. The van der Waals surface area contributed by atoms with Gasteiger partial charge in [-0.1, -0.05) is 18.6 Å². The Kier molecular flexibility index (Phi) is 14.2. The fraction of sp³-hybridized carbons (Fsp3) is 0.414. The average Bonchev–Trinajstić information content (AvgIpc) is 2.93. The third kappa shape index (κ3) is 13.6. The van der Waals surface area contributed by atoms with Crippen LogP contribution < -0.4 is 10.6 Å². The molecule has 0 spiro atoms. The summed E-state index contributed by atoms with van der Waals surface area (Å²) in [6, 6.07) is 9.57. The molecule has 2 rings (SSSR count). The summed E-state index contributed by atoms with van der Waals surface area (Å²) in [5.74, 6) is -0.395. The Hall–Kier alpha value is -4.87. The number of anilines is 2. The Morgan fingerprint density at radius 3 is 1.98 bits per heavy atom. The van der Waals surface area contributed by atoms with Crippen LogP contribution >= 0.6 is 0 Å². The van der Waals surface area contributed by atoms with Crippen molar-refractivity contribution in [2.75, 3.05) is 23.8 Å². The van der Waals surface area contributed by atoms with Gasteiger partial charge in [0.25, 0.3) is 0 Å². The van der Waals surface area contributed by atoms with Gasteiger partial charge < -0.3 is 9.47 Å². The number of ether oxygens (including phenoxy) is 2. The molecule has 0 radical (unpaired) electrons. The molecule has 0 saturated carbocycles. The highest BCUT2D eigenvalue weighted by molar-refractivity contribution is 5.87. The van der Waals surface area contributed by atoms with Crippen molar-refractivity contribution < 1.29 is 48.3 Å². The van der Waals surface area contributed by atoms with E-state index in [4.69, 9.17) is 14.4 Å². The number of rotatable bonds is 16. The molecule has 2 aromatic carbocycles. The van der Waals surface area contributed by atoms with Crippen LogP contribution in [0.5, 0.6) is 0 Å². The first-order chi connectivity index (χ1) is 20.5. The van der Waals surface area contributed by atoms with Crippen LogP contribution in [0.3, 0.4) is 0 Å². The smallest absolute Gasteiger partial charge is 0.446 e. The maximum absolute atomic E-state index is 12.2. The van der Waals surface area contributed by atoms with E-state index in [-0.39, 0.29) is 26.1 Å². The second kappa shape index (κ2) is 17.8. The zero-order valence-electron chi connectivity index (χ0n) is 24.4. The Morgan fingerprint density at radius 2 is 1.40 bits per heavy atom. The Balaban J connectivity index is 1.56. The van der Waals surface area contributed by atoms with Crippen molar-refractivity contribution in [1.82, 2.24) is 0 Å². The minimum Gasteiger partial charge on any atom is -0.460 e. The summed E-state index contributed by atoms with van der Waals surface area (Å²) in [6.45, 7) is 7.08. The number of isocyanates is 2. The van der Waals surface area contributed by atoms with Crippen molar-refractivity contribution in [1.29, 1.82) is 0 Å². The molecule has 0 aliphatic rings. The van der Waals surface area contributed by atoms with E-state index in [1.807, 2.05) is 0 Å². The number of aliphatic imine (C=N–C) groups is 2. The lowest BCUT2D eigenvalue weighted by atomic mass is 10.1. The van der Waals surface area contributed by atoms with Gasteiger partial charge in [-0.3, -0.25) is 15.4 Å². The van der Waals surface area contributed by atoms with Gasteiger partial charge in [0.2, 0.25) is 12.2 Å². The molecule has 0 unspecified atom stereocenters. The van der Waals surface area contributed by atoms with E-state index in [0.717, 1.165) is 5.56 Å². The zero-order valence-corrected chi connectivity index (χ0v) is 24.4. The maximum atomic E-state index is 12.2. The van der Waals surface area contributed by atoms with Gasteiger partial charge in [0.05, 0.1) is 24.6 Å². The van der Waals surface area contributed by atoms with Crippen LogP contribution in [0.2, 0.25) is 0 Å². The number of amides is 2. The molecular formula is C29H34N4O10. The summed E-state index contributed by atoms with van der Waals surface area (Å²) in [5, 5.41) is 9.47. The van der Waals surface area contributed by atoms with Gasteiger partial charge in [0, 0.05) is 24.2 Å². The Labute approximate surface area is 248 Å². The summed E-state index contributed by atoms with van der Waals surface area (Å²) in [6.07, 6.45) is 3.37. The number of unbranched alkanes of at least 4 members (excludes halogenated alkanes) is 2. The van der Waals surface area contributed by atoms with Gasteiger partial charge in [-0.2, -0.15) is 14.9 Å². The van der Waals surface area contributed by atoms with Gasteiger partial charge in [0.15, 0.2) is 0 Å². The van der Waals surface area contributed by atoms with E-state index < -0.39 is 23.8 Å². The molecule has 2 N–H and O–H groups in total. The maximum Gasteiger partial charge on any atom is 0.446 e. The van der Waals surface area contributed by atoms with Crippen LogP contribution in [0.4, 0.5) is 32.3 Å². The van der Waals surface area contributed by atoms with Crippen molar-refractivity contribution in [3.8, 4) is 0 Å². The number of nitrogens with zero attached hydrogens (tertiary/aromatic N) is 2. The lowest BCUT2D eigenvalue weighted by Crippen LogP contribution is -2.30. The van der Waals surface area contributed by atoms with Crippen LogP contribution in [0.25, 0.3) is 0 Å². The summed E-state index contributed by atoms with van der Waals surface area (Å²) < 4.78 is 10.7. The van der Waals surface area contributed by atoms with Crippen molar-refractivity contribution in [3.63, 3.8) is 0 Å². The monoisotopic (exact) mass is 598 g/mol. The molecule has 0 heterocycles. The molecule has 2 amide bonds. The van der Waals surface area contributed by atoms with Crippen LogP contribution in [0.15, 0.2) is 46.4 Å². The van der Waals surface area contributed by atoms with E-state index in [2.05, 4.69) is 30.5 Å². The quantitative estimate of drug-likeness (QED) is 0.0566. The second-order valence-electron chi connectivity index (χ2n) is 9.85. The number of aryl methyl sites for hydroxylation is 2. The minimum absolute atomic E-state index is 0.00941. The van der Waals surface area contributed by atoms with Gasteiger partial charge in [-0.25, -0.2) is 24.1 Å². The van der Waals surface area contributed by atoms with Crippen molar-refractivity contribution in [3.05, 3.63) is 47.5 Å². The van der Waals surface area contributed by atoms with Gasteiger partial charge in [0.1, 0.15) is 5.60 Å². The van der Waals surface area contributed by atoms with Gasteiger partial charge in [-0.15, -0.1) is 0 Å². The summed E-state index contributed by atoms with van der Waals surface area (Å²) >= 11 is 0.